The Morgan fingerprint density at radius 1 is 1.24 bits per heavy atom. The van der Waals surface area contributed by atoms with Crippen molar-refractivity contribution in [3.8, 4) is 11.5 Å². The minimum absolute atomic E-state index is 0.425. The molecule has 1 aliphatic heterocycles. The highest BCUT2D eigenvalue weighted by atomic mass is 19.4. The van der Waals surface area contributed by atoms with Gasteiger partial charge in [0.1, 0.15) is 6.10 Å². The van der Waals surface area contributed by atoms with Crippen molar-refractivity contribution in [2.75, 3.05) is 19.8 Å². The Hall–Kier alpha value is -1.47. The number of alkyl halides is 3. The van der Waals surface area contributed by atoms with E-state index in [1.807, 2.05) is 0 Å². The Labute approximate surface area is 120 Å². The van der Waals surface area contributed by atoms with E-state index < -0.39 is 25.0 Å². The molecule has 1 N–H and O–H groups in total. The van der Waals surface area contributed by atoms with Gasteiger partial charge in [0.15, 0.2) is 17.6 Å². The van der Waals surface area contributed by atoms with Gasteiger partial charge in [-0.2, -0.15) is 13.2 Å². The van der Waals surface area contributed by atoms with Gasteiger partial charge in [0.25, 0.3) is 0 Å². The molecular weight excluding hydrogens is 289 g/mol. The first-order valence-corrected chi connectivity index (χ1v) is 6.64. The van der Waals surface area contributed by atoms with Gasteiger partial charge in [0, 0.05) is 6.42 Å². The van der Waals surface area contributed by atoms with Crippen molar-refractivity contribution in [1.82, 2.24) is 0 Å². The molecule has 7 heteroatoms. The van der Waals surface area contributed by atoms with Crippen LogP contribution in [0.15, 0.2) is 18.2 Å². The Balaban J connectivity index is 1.99. The lowest BCUT2D eigenvalue weighted by Crippen LogP contribution is -2.30. The smallest absolute Gasteiger partial charge is 0.414 e. The molecule has 2 unspecified atom stereocenters. The zero-order chi connectivity index (χ0) is 15.5. The first-order chi connectivity index (χ1) is 9.88. The maximum Gasteiger partial charge on any atom is 0.414 e. The van der Waals surface area contributed by atoms with E-state index in [2.05, 4.69) is 4.74 Å². The van der Waals surface area contributed by atoms with E-state index in [-0.39, 0.29) is 0 Å². The summed E-state index contributed by atoms with van der Waals surface area (Å²) in [6.07, 6.45) is -6.78. The molecule has 0 aliphatic carbocycles. The van der Waals surface area contributed by atoms with Crippen LogP contribution in [0.2, 0.25) is 0 Å². The first-order valence-electron chi connectivity index (χ1n) is 6.64. The van der Waals surface area contributed by atoms with Crippen LogP contribution in [0.25, 0.3) is 0 Å². The van der Waals surface area contributed by atoms with Gasteiger partial charge in [-0.1, -0.05) is 6.07 Å². The summed E-state index contributed by atoms with van der Waals surface area (Å²) in [5.74, 6) is 1.04. The highest BCUT2D eigenvalue weighted by Gasteiger charge is 2.37. The van der Waals surface area contributed by atoms with Crippen molar-refractivity contribution < 1.29 is 32.5 Å². The summed E-state index contributed by atoms with van der Waals surface area (Å²) in [5, 5.41) is 9.92. The predicted octanol–water partition coefficient (Wildman–Crippen LogP) is 2.85. The number of hydrogen-bond acceptors (Lipinski definition) is 4. The lowest BCUT2D eigenvalue weighted by Gasteiger charge is -2.19. The summed E-state index contributed by atoms with van der Waals surface area (Å²) in [6, 6.07) is 4.78. The summed E-state index contributed by atoms with van der Waals surface area (Å²) in [7, 11) is 0. The number of ether oxygens (including phenoxy) is 3. The molecule has 0 amide bonds. The molecule has 1 aliphatic rings. The van der Waals surface area contributed by atoms with Gasteiger partial charge < -0.3 is 19.3 Å². The molecule has 0 fully saturated rings. The SMILES string of the molecule is CC(OCC(O)c1ccc2c(c1)OCCCO2)C(F)(F)F. The Morgan fingerprint density at radius 3 is 2.57 bits per heavy atom. The number of rotatable bonds is 4. The standard InChI is InChI=1S/C14H17F3O4/c1-9(14(15,16)17)21-8-11(18)10-3-4-12-13(7-10)20-6-2-5-19-12/h3-4,7,9,11,18H,2,5-6,8H2,1H3. The number of hydrogen-bond donors (Lipinski definition) is 1. The maximum absolute atomic E-state index is 12.3. The molecule has 118 valence electrons. The number of halogens is 3. The van der Waals surface area contributed by atoms with Crippen LogP contribution >= 0.6 is 0 Å². The number of fused-ring (bicyclic) bond motifs is 1. The predicted molar refractivity (Wildman–Crippen MR) is 68.5 cm³/mol. The fourth-order valence-corrected chi connectivity index (χ4v) is 1.81. The molecule has 2 rings (SSSR count). The third-order valence-electron chi connectivity index (χ3n) is 3.12. The van der Waals surface area contributed by atoms with Crippen molar-refractivity contribution in [3.05, 3.63) is 23.8 Å². The van der Waals surface area contributed by atoms with Gasteiger partial charge >= 0.3 is 6.18 Å². The Morgan fingerprint density at radius 2 is 1.90 bits per heavy atom. The van der Waals surface area contributed by atoms with Crippen LogP contribution in [-0.4, -0.2) is 37.2 Å². The minimum Gasteiger partial charge on any atom is -0.490 e. The van der Waals surface area contributed by atoms with Crippen molar-refractivity contribution >= 4 is 0 Å². The molecule has 0 saturated carbocycles. The molecule has 21 heavy (non-hydrogen) atoms. The van der Waals surface area contributed by atoms with Gasteiger partial charge in [0.05, 0.1) is 19.8 Å². The lowest BCUT2D eigenvalue weighted by atomic mass is 10.1. The summed E-state index contributed by atoms with van der Waals surface area (Å²) in [6.45, 7) is 1.50. The summed E-state index contributed by atoms with van der Waals surface area (Å²) >= 11 is 0. The fourth-order valence-electron chi connectivity index (χ4n) is 1.81. The molecule has 0 aromatic heterocycles. The van der Waals surface area contributed by atoms with Crippen LogP contribution in [0.4, 0.5) is 13.2 Å². The van der Waals surface area contributed by atoms with E-state index >= 15 is 0 Å². The van der Waals surface area contributed by atoms with Crippen molar-refractivity contribution in [2.24, 2.45) is 0 Å². The molecule has 0 radical (unpaired) electrons. The Kier molecular flexibility index (Phi) is 4.95. The highest BCUT2D eigenvalue weighted by molar-refractivity contribution is 5.44. The average Bonchev–Trinajstić information content (AvgIpc) is 2.67. The largest absolute Gasteiger partial charge is 0.490 e. The monoisotopic (exact) mass is 306 g/mol. The van der Waals surface area contributed by atoms with E-state index in [0.29, 0.717) is 30.3 Å². The Bertz CT molecular complexity index is 476. The quantitative estimate of drug-likeness (QED) is 0.929. The van der Waals surface area contributed by atoms with Gasteiger partial charge in [-0.25, -0.2) is 0 Å². The third kappa shape index (κ3) is 4.25. The van der Waals surface area contributed by atoms with Crippen LogP contribution in [-0.2, 0) is 4.74 Å². The number of benzene rings is 1. The molecule has 0 bridgehead atoms. The summed E-state index contributed by atoms with van der Waals surface area (Å²) in [5.41, 5.74) is 0.425. The highest BCUT2D eigenvalue weighted by Crippen LogP contribution is 2.32. The zero-order valence-corrected chi connectivity index (χ0v) is 11.5. The van der Waals surface area contributed by atoms with Gasteiger partial charge in [-0.05, 0) is 24.6 Å². The summed E-state index contributed by atoms with van der Waals surface area (Å²) < 4.78 is 52.5. The molecule has 1 heterocycles. The van der Waals surface area contributed by atoms with Crippen LogP contribution in [0, 0.1) is 0 Å². The van der Waals surface area contributed by atoms with E-state index in [9.17, 15) is 18.3 Å². The molecule has 4 nitrogen and oxygen atoms in total. The number of aliphatic hydroxyl groups is 1. The second kappa shape index (κ2) is 6.53. The second-order valence-corrected chi connectivity index (χ2v) is 4.79. The lowest BCUT2D eigenvalue weighted by molar-refractivity contribution is -0.219. The van der Waals surface area contributed by atoms with E-state index in [0.717, 1.165) is 13.3 Å². The van der Waals surface area contributed by atoms with Gasteiger partial charge in [0.2, 0.25) is 0 Å². The topological polar surface area (TPSA) is 47.9 Å². The fraction of sp³-hybridized carbons (Fsp3) is 0.571. The molecule has 2 atom stereocenters. The van der Waals surface area contributed by atoms with Crippen LogP contribution in [0.5, 0.6) is 11.5 Å². The molecule has 0 spiro atoms. The van der Waals surface area contributed by atoms with Crippen LogP contribution in [0.1, 0.15) is 25.0 Å². The van der Waals surface area contributed by atoms with Crippen molar-refractivity contribution in [1.29, 1.82) is 0 Å². The van der Waals surface area contributed by atoms with Gasteiger partial charge in [-0.15, -0.1) is 0 Å². The average molecular weight is 306 g/mol. The van der Waals surface area contributed by atoms with E-state index in [1.165, 1.54) is 0 Å². The van der Waals surface area contributed by atoms with Crippen molar-refractivity contribution in [3.63, 3.8) is 0 Å². The van der Waals surface area contributed by atoms with E-state index in [1.54, 1.807) is 18.2 Å². The molecular formula is C14H17F3O4. The molecule has 0 saturated heterocycles. The zero-order valence-electron chi connectivity index (χ0n) is 11.5. The maximum atomic E-state index is 12.3. The van der Waals surface area contributed by atoms with Gasteiger partial charge in [-0.3, -0.25) is 0 Å². The summed E-state index contributed by atoms with van der Waals surface area (Å²) in [4.78, 5) is 0. The molecule has 1 aromatic rings. The van der Waals surface area contributed by atoms with Crippen LogP contribution < -0.4 is 9.47 Å². The number of aliphatic hydroxyl groups excluding tert-OH is 1. The normalized spacial score (nSPS) is 18.0. The second-order valence-electron chi connectivity index (χ2n) is 4.79. The van der Waals surface area contributed by atoms with Crippen molar-refractivity contribution in [2.45, 2.75) is 31.7 Å². The first kappa shape index (κ1) is 15.9. The van der Waals surface area contributed by atoms with E-state index in [4.69, 9.17) is 9.47 Å². The third-order valence-corrected chi connectivity index (χ3v) is 3.12. The molecule has 1 aromatic carbocycles. The minimum atomic E-state index is -4.44. The van der Waals surface area contributed by atoms with Crippen LogP contribution in [0.3, 0.4) is 0 Å².